The molecule has 1 N–H and O–H groups in total. The number of nitrogens with one attached hydrogen (secondary N) is 1. The molecule has 24 heavy (non-hydrogen) atoms. The van der Waals surface area contributed by atoms with E-state index in [9.17, 15) is 4.79 Å². The fourth-order valence-corrected chi connectivity index (χ4v) is 2.72. The van der Waals surface area contributed by atoms with Gasteiger partial charge < -0.3 is 19.5 Å². The highest BCUT2D eigenvalue weighted by Crippen LogP contribution is 2.30. The number of methoxy groups -OCH3 is 1. The zero-order valence-corrected chi connectivity index (χ0v) is 13.8. The summed E-state index contributed by atoms with van der Waals surface area (Å²) in [5.74, 6) is 1.04. The predicted octanol–water partition coefficient (Wildman–Crippen LogP) is 2.64. The SMILES string of the molecule is COC(CNC(=O)C1COc2ccccc2O1)c1ccccc1C. The lowest BCUT2D eigenvalue weighted by atomic mass is 10.0. The number of ether oxygens (including phenoxy) is 3. The van der Waals surface area contributed by atoms with Crippen molar-refractivity contribution in [2.24, 2.45) is 0 Å². The fourth-order valence-electron chi connectivity index (χ4n) is 2.72. The van der Waals surface area contributed by atoms with Crippen molar-refractivity contribution in [1.82, 2.24) is 5.32 Å². The summed E-state index contributed by atoms with van der Waals surface area (Å²) < 4.78 is 16.8. The van der Waals surface area contributed by atoms with Gasteiger partial charge in [-0.15, -0.1) is 0 Å². The summed E-state index contributed by atoms with van der Waals surface area (Å²) in [4.78, 5) is 12.4. The number of hydrogen-bond acceptors (Lipinski definition) is 4. The Morgan fingerprint density at radius 3 is 2.67 bits per heavy atom. The number of aryl methyl sites for hydroxylation is 1. The first-order valence-electron chi connectivity index (χ1n) is 7.93. The number of rotatable bonds is 5. The van der Waals surface area contributed by atoms with E-state index < -0.39 is 6.10 Å². The van der Waals surface area contributed by atoms with Gasteiger partial charge in [0.05, 0.1) is 6.10 Å². The van der Waals surface area contributed by atoms with Crippen LogP contribution in [0.25, 0.3) is 0 Å². The normalized spacial score (nSPS) is 17.2. The molecule has 1 amide bonds. The van der Waals surface area contributed by atoms with Crippen LogP contribution in [0.4, 0.5) is 0 Å². The zero-order chi connectivity index (χ0) is 16.9. The Hall–Kier alpha value is -2.53. The molecule has 126 valence electrons. The molecule has 5 nitrogen and oxygen atoms in total. The molecular weight excluding hydrogens is 306 g/mol. The summed E-state index contributed by atoms with van der Waals surface area (Å²) in [5, 5.41) is 2.89. The van der Waals surface area contributed by atoms with Gasteiger partial charge in [0, 0.05) is 13.7 Å². The van der Waals surface area contributed by atoms with E-state index in [-0.39, 0.29) is 18.6 Å². The van der Waals surface area contributed by atoms with Gasteiger partial charge in [-0.2, -0.15) is 0 Å². The summed E-state index contributed by atoms with van der Waals surface area (Å²) in [6.07, 6.45) is -0.860. The van der Waals surface area contributed by atoms with Crippen molar-refractivity contribution < 1.29 is 19.0 Å². The Balaban J connectivity index is 1.60. The van der Waals surface area contributed by atoms with E-state index in [1.54, 1.807) is 13.2 Å². The Bertz CT molecular complexity index is 716. The molecule has 0 spiro atoms. The van der Waals surface area contributed by atoms with Crippen LogP contribution in [0.3, 0.4) is 0 Å². The number of amides is 1. The Kier molecular flexibility index (Phi) is 5.01. The molecule has 2 aromatic rings. The van der Waals surface area contributed by atoms with Gasteiger partial charge in [-0.25, -0.2) is 0 Å². The Labute approximate surface area is 141 Å². The first kappa shape index (κ1) is 16.3. The van der Waals surface area contributed by atoms with Crippen molar-refractivity contribution in [3.63, 3.8) is 0 Å². The molecule has 5 heteroatoms. The molecule has 3 rings (SSSR count). The molecule has 0 radical (unpaired) electrons. The number of fused-ring (bicyclic) bond motifs is 1. The molecule has 2 atom stereocenters. The Morgan fingerprint density at radius 1 is 1.21 bits per heavy atom. The van der Waals surface area contributed by atoms with Crippen LogP contribution in [-0.4, -0.2) is 32.3 Å². The minimum atomic E-state index is -0.658. The van der Waals surface area contributed by atoms with Crippen LogP contribution in [0.15, 0.2) is 48.5 Å². The number of carbonyl (C=O) groups excluding carboxylic acids is 1. The largest absolute Gasteiger partial charge is 0.485 e. The summed E-state index contributed by atoms with van der Waals surface area (Å²) in [5.41, 5.74) is 2.19. The molecule has 0 fully saturated rings. The second-order valence-electron chi connectivity index (χ2n) is 5.69. The van der Waals surface area contributed by atoms with Crippen LogP contribution in [-0.2, 0) is 9.53 Å². The van der Waals surface area contributed by atoms with Gasteiger partial charge in [-0.05, 0) is 30.2 Å². The van der Waals surface area contributed by atoms with Crippen molar-refractivity contribution in [3.8, 4) is 11.5 Å². The van der Waals surface area contributed by atoms with Gasteiger partial charge in [0.2, 0.25) is 6.10 Å². The monoisotopic (exact) mass is 327 g/mol. The fraction of sp³-hybridized carbons (Fsp3) is 0.316. The molecule has 0 aromatic heterocycles. The minimum absolute atomic E-state index is 0.199. The standard InChI is InChI=1S/C19H21NO4/c1-13-7-3-4-8-14(13)17(22-2)11-20-19(21)18-12-23-15-9-5-6-10-16(15)24-18/h3-10,17-18H,11-12H2,1-2H3,(H,20,21). The van der Waals surface area contributed by atoms with E-state index in [2.05, 4.69) is 5.32 Å². The van der Waals surface area contributed by atoms with E-state index in [1.807, 2.05) is 49.4 Å². The number of benzene rings is 2. The van der Waals surface area contributed by atoms with E-state index in [1.165, 1.54) is 0 Å². The minimum Gasteiger partial charge on any atom is -0.485 e. The van der Waals surface area contributed by atoms with Gasteiger partial charge in [0.1, 0.15) is 6.61 Å². The lowest BCUT2D eigenvalue weighted by molar-refractivity contribution is -0.130. The molecular formula is C19H21NO4. The van der Waals surface area contributed by atoms with E-state index in [0.717, 1.165) is 11.1 Å². The van der Waals surface area contributed by atoms with Crippen LogP contribution in [0.2, 0.25) is 0 Å². The summed E-state index contributed by atoms with van der Waals surface area (Å²) >= 11 is 0. The molecule has 0 bridgehead atoms. The smallest absolute Gasteiger partial charge is 0.264 e. The number of para-hydroxylation sites is 2. The molecule has 1 aliphatic rings. The molecule has 2 unspecified atom stereocenters. The highest BCUT2D eigenvalue weighted by atomic mass is 16.6. The quantitative estimate of drug-likeness (QED) is 0.917. The average molecular weight is 327 g/mol. The lowest BCUT2D eigenvalue weighted by Gasteiger charge is -2.26. The Morgan fingerprint density at radius 2 is 1.92 bits per heavy atom. The van der Waals surface area contributed by atoms with Crippen LogP contribution < -0.4 is 14.8 Å². The molecule has 1 heterocycles. The first-order chi connectivity index (χ1) is 11.7. The maximum atomic E-state index is 12.4. The molecule has 1 aliphatic heterocycles. The van der Waals surface area contributed by atoms with Crippen molar-refractivity contribution in [1.29, 1.82) is 0 Å². The molecule has 0 saturated carbocycles. The van der Waals surface area contributed by atoms with E-state index in [0.29, 0.717) is 18.0 Å². The maximum absolute atomic E-state index is 12.4. The molecule has 0 saturated heterocycles. The van der Waals surface area contributed by atoms with Crippen molar-refractivity contribution in [2.45, 2.75) is 19.1 Å². The zero-order valence-electron chi connectivity index (χ0n) is 13.8. The maximum Gasteiger partial charge on any atom is 0.264 e. The third-order valence-corrected chi connectivity index (χ3v) is 4.08. The third-order valence-electron chi connectivity index (χ3n) is 4.08. The third kappa shape index (κ3) is 3.51. The number of carbonyl (C=O) groups is 1. The summed E-state index contributed by atoms with van der Waals surface area (Å²) in [7, 11) is 1.64. The van der Waals surface area contributed by atoms with Crippen LogP contribution in [0, 0.1) is 6.92 Å². The van der Waals surface area contributed by atoms with Gasteiger partial charge in [-0.3, -0.25) is 4.79 Å². The van der Waals surface area contributed by atoms with Crippen LogP contribution in [0.1, 0.15) is 17.2 Å². The highest BCUT2D eigenvalue weighted by Gasteiger charge is 2.27. The molecule has 2 aromatic carbocycles. The lowest BCUT2D eigenvalue weighted by Crippen LogP contribution is -2.45. The van der Waals surface area contributed by atoms with Crippen molar-refractivity contribution >= 4 is 5.91 Å². The summed E-state index contributed by atoms with van der Waals surface area (Å²) in [6.45, 7) is 2.60. The van der Waals surface area contributed by atoms with Crippen LogP contribution >= 0.6 is 0 Å². The van der Waals surface area contributed by atoms with Crippen LogP contribution in [0.5, 0.6) is 11.5 Å². The van der Waals surface area contributed by atoms with E-state index >= 15 is 0 Å². The van der Waals surface area contributed by atoms with Gasteiger partial charge in [0.25, 0.3) is 5.91 Å². The van der Waals surface area contributed by atoms with Crippen molar-refractivity contribution in [3.05, 3.63) is 59.7 Å². The van der Waals surface area contributed by atoms with Gasteiger partial charge in [0.15, 0.2) is 11.5 Å². The van der Waals surface area contributed by atoms with E-state index in [4.69, 9.17) is 14.2 Å². The average Bonchev–Trinajstić information content (AvgIpc) is 2.63. The summed E-state index contributed by atoms with van der Waals surface area (Å²) in [6, 6.07) is 15.3. The van der Waals surface area contributed by atoms with Gasteiger partial charge in [-0.1, -0.05) is 36.4 Å². The second kappa shape index (κ2) is 7.36. The number of hydrogen-bond donors (Lipinski definition) is 1. The topological polar surface area (TPSA) is 56.8 Å². The van der Waals surface area contributed by atoms with Crippen molar-refractivity contribution in [2.75, 3.05) is 20.3 Å². The second-order valence-corrected chi connectivity index (χ2v) is 5.69. The first-order valence-corrected chi connectivity index (χ1v) is 7.93. The molecule has 0 aliphatic carbocycles. The van der Waals surface area contributed by atoms with Gasteiger partial charge >= 0.3 is 0 Å². The highest BCUT2D eigenvalue weighted by molar-refractivity contribution is 5.81. The predicted molar refractivity (Wildman–Crippen MR) is 90.3 cm³/mol.